The quantitative estimate of drug-likeness (QED) is 0.832. The van der Waals surface area contributed by atoms with E-state index in [1.807, 2.05) is 12.1 Å². The molecule has 0 amide bonds. The fourth-order valence-corrected chi connectivity index (χ4v) is 2.30. The number of hydrogen-bond acceptors (Lipinski definition) is 2. The summed E-state index contributed by atoms with van der Waals surface area (Å²) in [6.45, 7) is 6.49. The van der Waals surface area contributed by atoms with Gasteiger partial charge >= 0.3 is 0 Å². The molecule has 2 aromatic rings. The first-order valence-electron chi connectivity index (χ1n) is 6.38. The van der Waals surface area contributed by atoms with E-state index >= 15 is 0 Å². The average Bonchev–Trinajstić information content (AvgIpc) is 2.75. The SMILES string of the molecule is C=C=CCNC(C)c1cc2cc(OC)ccc2n1C. The van der Waals surface area contributed by atoms with E-state index in [0.717, 1.165) is 12.3 Å². The fourth-order valence-electron chi connectivity index (χ4n) is 2.30. The third-order valence-electron chi connectivity index (χ3n) is 3.40. The normalized spacial score (nSPS) is 12.2. The Kier molecular flexibility index (Phi) is 4.10. The Hall–Kier alpha value is -1.96. The molecule has 1 heterocycles. The minimum Gasteiger partial charge on any atom is -0.497 e. The summed E-state index contributed by atoms with van der Waals surface area (Å²) in [5.41, 5.74) is 5.23. The first-order valence-corrected chi connectivity index (χ1v) is 6.38. The molecule has 100 valence electrons. The van der Waals surface area contributed by atoms with Crippen LogP contribution in [0.5, 0.6) is 5.75 Å². The third-order valence-corrected chi connectivity index (χ3v) is 3.40. The Bertz CT molecular complexity index is 621. The van der Waals surface area contributed by atoms with Crippen LogP contribution in [0.25, 0.3) is 10.9 Å². The van der Waals surface area contributed by atoms with E-state index in [-0.39, 0.29) is 6.04 Å². The van der Waals surface area contributed by atoms with Gasteiger partial charge in [-0.05, 0) is 37.3 Å². The second kappa shape index (κ2) is 5.79. The Morgan fingerprint density at radius 1 is 1.47 bits per heavy atom. The van der Waals surface area contributed by atoms with Gasteiger partial charge in [0, 0.05) is 36.2 Å². The van der Waals surface area contributed by atoms with Gasteiger partial charge in [-0.15, -0.1) is 5.73 Å². The molecule has 1 atom stereocenters. The molecule has 1 aromatic carbocycles. The number of methoxy groups -OCH3 is 1. The standard InChI is InChI=1S/C16H20N2O/c1-5-6-9-17-12(2)16-11-13-10-14(19-4)7-8-15(13)18(16)3/h6-8,10-12,17H,1,9H2,2-4H3. The van der Waals surface area contributed by atoms with E-state index in [2.05, 4.69) is 54.4 Å². The van der Waals surface area contributed by atoms with E-state index in [4.69, 9.17) is 4.74 Å². The molecule has 1 N–H and O–H groups in total. The number of nitrogens with zero attached hydrogens (tertiary/aromatic N) is 1. The molecule has 0 bridgehead atoms. The van der Waals surface area contributed by atoms with Crippen LogP contribution in [0.2, 0.25) is 0 Å². The Labute approximate surface area is 114 Å². The van der Waals surface area contributed by atoms with Crippen molar-refractivity contribution >= 4 is 10.9 Å². The molecule has 0 saturated heterocycles. The molecule has 19 heavy (non-hydrogen) atoms. The predicted molar refractivity (Wildman–Crippen MR) is 79.6 cm³/mol. The Morgan fingerprint density at radius 2 is 2.26 bits per heavy atom. The van der Waals surface area contributed by atoms with Gasteiger partial charge < -0.3 is 14.6 Å². The van der Waals surface area contributed by atoms with Gasteiger partial charge in [0.15, 0.2) is 0 Å². The number of nitrogens with one attached hydrogen (secondary N) is 1. The number of fused-ring (bicyclic) bond motifs is 1. The minimum absolute atomic E-state index is 0.271. The van der Waals surface area contributed by atoms with Gasteiger partial charge in [0.05, 0.1) is 7.11 Å². The zero-order valence-corrected chi connectivity index (χ0v) is 11.7. The Morgan fingerprint density at radius 3 is 2.95 bits per heavy atom. The molecule has 0 aliphatic heterocycles. The fraction of sp³-hybridized carbons (Fsp3) is 0.312. The lowest BCUT2D eigenvalue weighted by atomic mass is 10.2. The molecule has 0 spiro atoms. The van der Waals surface area contributed by atoms with Crippen molar-refractivity contribution in [2.24, 2.45) is 7.05 Å². The molecule has 0 saturated carbocycles. The molecule has 0 aliphatic rings. The van der Waals surface area contributed by atoms with Crippen LogP contribution in [0, 0.1) is 0 Å². The molecule has 3 heteroatoms. The molecular weight excluding hydrogens is 236 g/mol. The minimum atomic E-state index is 0.271. The van der Waals surface area contributed by atoms with E-state index in [9.17, 15) is 0 Å². The van der Waals surface area contributed by atoms with E-state index in [1.54, 1.807) is 7.11 Å². The summed E-state index contributed by atoms with van der Waals surface area (Å²) in [7, 11) is 3.78. The molecule has 0 radical (unpaired) electrons. The van der Waals surface area contributed by atoms with Crippen LogP contribution in [0.3, 0.4) is 0 Å². The summed E-state index contributed by atoms with van der Waals surface area (Å²) in [5, 5.41) is 4.62. The van der Waals surface area contributed by atoms with Crippen molar-refractivity contribution < 1.29 is 4.74 Å². The maximum absolute atomic E-state index is 5.27. The van der Waals surface area contributed by atoms with Crippen LogP contribution in [-0.2, 0) is 7.05 Å². The number of aromatic nitrogens is 1. The molecule has 0 aliphatic carbocycles. The van der Waals surface area contributed by atoms with Gasteiger partial charge in [-0.3, -0.25) is 0 Å². The number of ether oxygens (including phenoxy) is 1. The van der Waals surface area contributed by atoms with Crippen molar-refractivity contribution in [2.45, 2.75) is 13.0 Å². The van der Waals surface area contributed by atoms with Crippen molar-refractivity contribution in [3.63, 3.8) is 0 Å². The van der Waals surface area contributed by atoms with Crippen LogP contribution in [0.15, 0.2) is 42.7 Å². The monoisotopic (exact) mass is 256 g/mol. The first kappa shape index (κ1) is 13.5. The highest BCUT2D eigenvalue weighted by molar-refractivity contribution is 5.83. The van der Waals surface area contributed by atoms with Gasteiger partial charge in [-0.25, -0.2) is 0 Å². The Balaban J connectivity index is 2.32. The third kappa shape index (κ3) is 2.73. The lowest BCUT2D eigenvalue weighted by Crippen LogP contribution is -2.20. The molecule has 3 nitrogen and oxygen atoms in total. The van der Waals surface area contributed by atoms with Crippen LogP contribution in [0.1, 0.15) is 18.7 Å². The lowest BCUT2D eigenvalue weighted by molar-refractivity contribution is 0.415. The van der Waals surface area contributed by atoms with Crippen molar-refractivity contribution in [1.29, 1.82) is 0 Å². The van der Waals surface area contributed by atoms with Gasteiger partial charge in [0.25, 0.3) is 0 Å². The zero-order chi connectivity index (χ0) is 13.8. The second-order valence-corrected chi connectivity index (χ2v) is 4.59. The molecule has 1 unspecified atom stereocenters. The number of aryl methyl sites for hydroxylation is 1. The van der Waals surface area contributed by atoms with E-state index < -0.39 is 0 Å². The topological polar surface area (TPSA) is 26.2 Å². The summed E-state index contributed by atoms with van der Waals surface area (Å²) in [6, 6.07) is 8.62. The predicted octanol–water partition coefficient (Wildman–Crippen LogP) is 3.18. The first-order chi connectivity index (χ1) is 9.17. The van der Waals surface area contributed by atoms with Gasteiger partial charge in [0.1, 0.15) is 5.75 Å². The van der Waals surface area contributed by atoms with Crippen molar-refractivity contribution in [1.82, 2.24) is 9.88 Å². The van der Waals surface area contributed by atoms with Gasteiger partial charge in [-0.1, -0.05) is 6.58 Å². The highest BCUT2D eigenvalue weighted by atomic mass is 16.5. The maximum atomic E-state index is 5.27. The molecule has 2 rings (SSSR count). The van der Waals surface area contributed by atoms with Gasteiger partial charge in [0.2, 0.25) is 0 Å². The highest BCUT2D eigenvalue weighted by Gasteiger charge is 2.12. The summed E-state index contributed by atoms with van der Waals surface area (Å²) in [5.74, 6) is 0.889. The van der Waals surface area contributed by atoms with Crippen LogP contribution < -0.4 is 10.1 Å². The van der Waals surface area contributed by atoms with Crippen LogP contribution in [-0.4, -0.2) is 18.2 Å². The van der Waals surface area contributed by atoms with Crippen LogP contribution >= 0.6 is 0 Å². The largest absolute Gasteiger partial charge is 0.497 e. The number of rotatable bonds is 5. The smallest absolute Gasteiger partial charge is 0.119 e. The molecular formula is C16H20N2O. The summed E-state index contributed by atoms with van der Waals surface area (Å²) >= 11 is 0. The average molecular weight is 256 g/mol. The van der Waals surface area contributed by atoms with Gasteiger partial charge in [-0.2, -0.15) is 0 Å². The van der Waals surface area contributed by atoms with Crippen molar-refractivity contribution in [3.8, 4) is 5.75 Å². The number of benzene rings is 1. The van der Waals surface area contributed by atoms with Crippen molar-refractivity contribution in [3.05, 3.63) is 48.3 Å². The second-order valence-electron chi connectivity index (χ2n) is 4.59. The van der Waals surface area contributed by atoms with E-state index in [0.29, 0.717) is 0 Å². The highest BCUT2D eigenvalue weighted by Crippen LogP contribution is 2.26. The summed E-state index contributed by atoms with van der Waals surface area (Å²) in [6.07, 6.45) is 1.89. The summed E-state index contributed by atoms with van der Waals surface area (Å²) in [4.78, 5) is 0. The molecule has 0 fully saturated rings. The number of hydrogen-bond donors (Lipinski definition) is 1. The van der Waals surface area contributed by atoms with E-state index in [1.165, 1.54) is 16.6 Å². The molecule has 1 aromatic heterocycles. The maximum Gasteiger partial charge on any atom is 0.119 e. The lowest BCUT2D eigenvalue weighted by Gasteiger charge is -2.13. The zero-order valence-electron chi connectivity index (χ0n) is 11.7. The summed E-state index contributed by atoms with van der Waals surface area (Å²) < 4.78 is 7.48. The van der Waals surface area contributed by atoms with Crippen molar-refractivity contribution in [2.75, 3.05) is 13.7 Å². The van der Waals surface area contributed by atoms with Crippen LogP contribution in [0.4, 0.5) is 0 Å².